The topological polar surface area (TPSA) is 63.4 Å². The Kier molecular flexibility index (Phi) is 29.5. The van der Waals surface area contributed by atoms with E-state index in [-0.39, 0.29) is 64.4 Å². The van der Waals surface area contributed by atoms with Gasteiger partial charge in [0.2, 0.25) is 0 Å². The van der Waals surface area contributed by atoms with E-state index in [0.29, 0.717) is 0 Å². The summed E-state index contributed by atoms with van der Waals surface area (Å²) in [5, 5.41) is -1.00. The van der Waals surface area contributed by atoms with Crippen molar-refractivity contribution >= 4 is 35.7 Å². The number of rotatable bonds is 2. The summed E-state index contributed by atoms with van der Waals surface area (Å²) in [5.41, 5.74) is 4.29. The van der Waals surface area contributed by atoms with Gasteiger partial charge in [-0.2, -0.15) is 0 Å². The average Bonchev–Trinajstić information content (AvgIpc) is 1.87. The molecule has 0 atom stereocenters. The van der Waals surface area contributed by atoms with Crippen LogP contribution in [-0.2, 0) is 25.3 Å². The molecule has 0 bridgehead atoms. The molecule has 4 nitrogen and oxygen atoms in total. The molecular weight excluding hydrogens is 242 g/mol. The first kappa shape index (κ1) is 24.6. The van der Waals surface area contributed by atoms with Crippen LogP contribution in [0.25, 0.3) is 0 Å². The van der Waals surface area contributed by atoms with Crippen molar-refractivity contribution in [2.75, 3.05) is 13.1 Å². The first-order valence-corrected chi connectivity index (χ1v) is 4.19. The maximum atomic E-state index is 10.3. The SMILES string of the molecule is CCN(CC)C(=O)[S-].NC(=O)[S-].[Na+].[Na+]. The number of carbonyl (C=O) groups excluding carboxylic acids is 2. The molecule has 0 aliphatic carbocycles. The summed E-state index contributed by atoms with van der Waals surface area (Å²) < 4.78 is 0. The van der Waals surface area contributed by atoms with E-state index in [1.54, 1.807) is 4.90 Å². The zero-order chi connectivity index (χ0) is 10.1. The van der Waals surface area contributed by atoms with E-state index in [0.717, 1.165) is 13.1 Å². The largest absolute Gasteiger partial charge is 1.00 e. The molecule has 0 unspecified atom stereocenters. The van der Waals surface area contributed by atoms with Gasteiger partial charge in [-0.1, -0.05) is 0 Å². The van der Waals surface area contributed by atoms with Gasteiger partial charge in [-0.05, 0) is 13.8 Å². The van der Waals surface area contributed by atoms with Gasteiger partial charge in [-0.15, -0.1) is 0 Å². The molecule has 14 heavy (non-hydrogen) atoms. The van der Waals surface area contributed by atoms with Crippen molar-refractivity contribution in [1.82, 2.24) is 4.90 Å². The standard InChI is InChI=1S/C5H11NOS.CH3NOS.2Na/c1-3-6(4-2)5(7)8;2-1(3)4;;/h3-4H2,1-2H3,(H,7,8);(H3,2,3,4);;/q;;2*+1/p-2. The summed E-state index contributed by atoms with van der Waals surface area (Å²) >= 11 is 8.14. The van der Waals surface area contributed by atoms with Crippen molar-refractivity contribution < 1.29 is 68.7 Å². The first-order valence-electron chi connectivity index (χ1n) is 3.38. The Balaban J connectivity index is -0.0000000733. The third-order valence-electron chi connectivity index (χ3n) is 1.02. The molecule has 0 rings (SSSR count). The fourth-order valence-electron chi connectivity index (χ4n) is 0.482. The van der Waals surface area contributed by atoms with Gasteiger partial charge in [0.15, 0.2) is 0 Å². The molecule has 0 aliphatic heterocycles. The molecule has 0 aromatic carbocycles. The zero-order valence-electron chi connectivity index (χ0n) is 9.07. The average molecular weight is 254 g/mol. The van der Waals surface area contributed by atoms with Crippen LogP contribution in [0.2, 0.25) is 0 Å². The second-order valence-corrected chi connectivity index (χ2v) is 2.51. The van der Waals surface area contributed by atoms with E-state index in [1.807, 2.05) is 13.8 Å². The zero-order valence-corrected chi connectivity index (χ0v) is 14.7. The van der Waals surface area contributed by atoms with Gasteiger partial charge < -0.3 is 45.5 Å². The monoisotopic (exact) mass is 254 g/mol. The molecule has 72 valence electrons. The van der Waals surface area contributed by atoms with Gasteiger partial charge in [0.05, 0.1) is 5.24 Å². The van der Waals surface area contributed by atoms with Crippen molar-refractivity contribution in [1.29, 1.82) is 0 Å². The van der Waals surface area contributed by atoms with Crippen molar-refractivity contribution in [3.8, 4) is 0 Å². The molecule has 0 aromatic rings. The van der Waals surface area contributed by atoms with Gasteiger partial charge in [-0.25, -0.2) is 0 Å². The Morgan fingerprint density at radius 3 is 1.36 bits per heavy atom. The molecule has 0 heterocycles. The molecule has 2 amide bonds. The predicted octanol–water partition coefficient (Wildman–Crippen LogP) is -5.38. The molecule has 0 fully saturated rings. The molecule has 0 spiro atoms. The Morgan fingerprint density at radius 2 is 1.36 bits per heavy atom. The van der Waals surface area contributed by atoms with Crippen molar-refractivity contribution in [3.63, 3.8) is 0 Å². The summed E-state index contributed by atoms with van der Waals surface area (Å²) in [6.07, 6.45) is 0. The van der Waals surface area contributed by atoms with Gasteiger partial charge in [0.1, 0.15) is 5.24 Å². The first-order chi connectivity index (χ1) is 5.45. The normalized spacial score (nSPS) is 6.71. The summed E-state index contributed by atoms with van der Waals surface area (Å²) in [7, 11) is 0. The molecular formula is C6H12N2Na2O2S2. The van der Waals surface area contributed by atoms with E-state index < -0.39 is 5.24 Å². The van der Waals surface area contributed by atoms with Crippen LogP contribution >= 0.6 is 0 Å². The molecule has 2 N–H and O–H groups in total. The van der Waals surface area contributed by atoms with Crippen LogP contribution in [0.3, 0.4) is 0 Å². The number of primary amides is 1. The number of carbonyl (C=O) groups is 2. The Bertz CT molecular complexity index is 153. The molecule has 0 saturated heterocycles. The van der Waals surface area contributed by atoms with E-state index in [2.05, 4.69) is 31.0 Å². The van der Waals surface area contributed by atoms with E-state index in [1.165, 1.54) is 0 Å². The maximum Gasteiger partial charge on any atom is 1.00 e. The minimum atomic E-state index is -0.750. The number of nitrogens with zero attached hydrogens (tertiary/aromatic N) is 1. The molecule has 0 aromatic heterocycles. The summed E-state index contributed by atoms with van der Waals surface area (Å²) in [6, 6.07) is 0. The van der Waals surface area contributed by atoms with Crippen LogP contribution in [0, 0.1) is 0 Å². The summed E-state index contributed by atoms with van der Waals surface area (Å²) in [5.74, 6) is 0. The van der Waals surface area contributed by atoms with Gasteiger partial charge in [0.25, 0.3) is 0 Å². The fraction of sp³-hybridized carbons (Fsp3) is 0.667. The van der Waals surface area contributed by atoms with Crippen LogP contribution in [0.5, 0.6) is 0 Å². The second-order valence-electron chi connectivity index (χ2n) is 1.76. The minimum absolute atomic E-state index is 0. The van der Waals surface area contributed by atoms with Gasteiger partial charge in [0, 0.05) is 13.1 Å². The van der Waals surface area contributed by atoms with Crippen LogP contribution in [0.1, 0.15) is 13.8 Å². The van der Waals surface area contributed by atoms with Gasteiger partial charge >= 0.3 is 59.1 Å². The molecule has 0 aliphatic rings. The van der Waals surface area contributed by atoms with Crippen LogP contribution < -0.4 is 64.8 Å². The van der Waals surface area contributed by atoms with Crippen molar-refractivity contribution in [3.05, 3.63) is 0 Å². The van der Waals surface area contributed by atoms with Crippen LogP contribution in [-0.4, -0.2) is 28.5 Å². The van der Waals surface area contributed by atoms with Gasteiger partial charge in [-0.3, -0.25) is 0 Å². The van der Waals surface area contributed by atoms with E-state index in [4.69, 9.17) is 4.79 Å². The molecule has 0 radical (unpaired) electrons. The molecule has 0 saturated carbocycles. The quantitative estimate of drug-likeness (QED) is 0.395. The Labute approximate surface area is 140 Å². The maximum absolute atomic E-state index is 10.3. The van der Waals surface area contributed by atoms with E-state index >= 15 is 0 Å². The molecule has 8 heteroatoms. The van der Waals surface area contributed by atoms with Crippen molar-refractivity contribution in [2.45, 2.75) is 13.8 Å². The smallest absolute Gasteiger partial charge is 0.719 e. The summed E-state index contributed by atoms with van der Waals surface area (Å²) in [4.78, 5) is 21.0. The number of hydrogen-bond donors (Lipinski definition) is 1. The predicted molar refractivity (Wildman–Crippen MR) is 52.6 cm³/mol. The number of amides is 2. The van der Waals surface area contributed by atoms with Crippen LogP contribution in [0.4, 0.5) is 9.59 Å². The minimum Gasteiger partial charge on any atom is -0.719 e. The van der Waals surface area contributed by atoms with Crippen LogP contribution in [0.15, 0.2) is 0 Å². The summed E-state index contributed by atoms with van der Waals surface area (Å²) in [6.45, 7) is 5.26. The third kappa shape index (κ3) is 23.3. The van der Waals surface area contributed by atoms with E-state index in [9.17, 15) is 4.79 Å². The third-order valence-corrected chi connectivity index (χ3v) is 1.28. The second kappa shape index (κ2) is 16.8. The van der Waals surface area contributed by atoms with Crippen molar-refractivity contribution in [2.24, 2.45) is 5.73 Å². The Morgan fingerprint density at radius 1 is 1.14 bits per heavy atom. The number of hydrogen-bond acceptors (Lipinski definition) is 4. The Hall–Kier alpha value is 1.38. The number of nitrogens with two attached hydrogens (primary N) is 1. The fourth-order valence-corrected chi connectivity index (χ4v) is 0.740.